The van der Waals surface area contributed by atoms with Crippen LogP contribution in [0.25, 0.3) is 0 Å². The van der Waals surface area contributed by atoms with Crippen molar-refractivity contribution in [2.45, 2.75) is 39.3 Å². The monoisotopic (exact) mass is 286 g/mol. The standard InChI is InChI=1S/C13H19ClN2O3/c1-5-10(13(18)19)15(4)12(17)11-6-9(14)7-16(11)8(2)3/h6-8,10H,5H2,1-4H3,(H,18,19). The van der Waals surface area contributed by atoms with Crippen molar-refractivity contribution in [3.05, 3.63) is 23.0 Å². The molecule has 5 nitrogen and oxygen atoms in total. The third kappa shape index (κ3) is 3.29. The number of hydrogen-bond donors (Lipinski definition) is 1. The van der Waals surface area contributed by atoms with Crippen LogP contribution in [0.5, 0.6) is 0 Å². The van der Waals surface area contributed by atoms with Gasteiger partial charge in [0, 0.05) is 19.3 Å². The van der Waals surface area contributed by atoms with Gasteiger partial charge in [0.05, 0.1) is 5.02 Å². The summed E-state index contributed by atoms with van der Waals surface area (Å²) in [5.74, 6) is -1.35. The van der Waals surface area contributed by atoms with Gasteiger partial charge in [-0.05, 0) is 26.3 Å². The Labute approximate surface area is 117 Å². The minimum absolute atomic E-state index is 0.0738. The van der Waals surface area contributed by atoms with Crippen molar-refractivity contribution in [1.82, 2.24) is 9.47 Å². The quantitative estimate of drug-likeness (QED) is 0.905. The van der Waals surface area contributed by atoms with Crippen LogP contribution in [-0.2, 0) is 4.79 Å². The number of amides is 1. The molecule has 0 radical (unpaired) electrons. The summed E-state index contributed by atoms with van der Waals surface area (Å²) in [6.45, 7) is 5.60. The summed E-state index contributed by atoms with van der Waals surface area (Å²) < 4.78 is 1.75. The van der Waals surface area contributed by atoms with E-state index in [0.717, 1.165) is 0 Å². The summed E-state index contributed by atoms with van der Waals surface area (Å²) in [5.41, 5.74) is 0.405. The summed E-state index contributed by atoms with van der Waals surface area (Å²) in [7, 11) is 1.50. The largest absolute Gasteiger partial charge is 0.480 e. The van der Waals surface area contributed by atoms with Gasteiger partial charge in [-0.3, -0.25) is 4.79 Å². The highest BCUT2D eigenvalue weighted by atomic mass is 35.5. The summed E-state index contributed by atoms with van der Waals surface area (Å²) in [5, 5.41) is 9.56. The van der Waals surface area contributed by atoms with E-state index in [2.05, 4.69) is 0 Å². The van der Waals surface area contributed by atoms with Crippen LogP contribution in [-0.4, -0.2) is 39.5 Å². The zero-order chi connectivity index (χ0) is 14.7. The van der Waals surface area contributed by atoms with E-state index in [4.69, 9.17) is 16.7 Å². The first kappa shape index (κ1) is 15.6. The number of carbonyl (C=O) groups excluding carboxylic acids is 1. The first-order chi connectivity index (χ1) is 8.79. The normalized spacial score (nSPS) is 12.5. The molecule has 1 heterocycles. The Balaban J connectivity index is 3.09. The van der Waals surface area contributed by atoms with Crippen molar-refractivity contribution in [1.29, 1.82) is 0 Å². The van der Waals surface area contributed by atoms with Gasteiger partial charge in [-0.1, -0.05) is 18.5 Å². The van der Waals surface area contributed by atoms with E-state index in [0.29, 0.717) is 17.1 Å². The average molecular weight is 287 g/mol. The van der Waals surface area contributed by atoms with Gasteiger partial charge < -0.3 is 14.6 Å². The molecule has 1 unspecified atom stereocenters. The fourth-order valence-corrected chi connectivity index (χ4v) is 2.19. The highest BCUT2D eigenvalue weighted by molar-refractivity contribution is 6.31. The fraction of sp³-hybridized carbons (Fsp3) is 0.538. The molecular formula is C13H19ClN2O3. The molecule has 1 atom stereocenters. The molecule has 0 aliphatic heterocycles. The number of carbonyl (C=O) groups is 2. The molecule has 1 amide bonds. The molecular weight excluding hydrogens is 268 g/mol. The zero-order valence-corrected chi connectivity index (χ0v) is 12.3. The fourth-order valence-electron chi connectivity index (χ4n) is 1.98. The Bertz CT molecular complexity index is 482. The maximum absolute atomic E-state index is 12.4. The number of nitrogens with zero attached hydrogens (tertiary/aromatic N) is 2. The lowest BCUT2D eigenvalue weighted by Crippen LogP contribution is -2.42. The van der Waals surface area contributed by atoms with E-state index < -0.39 is 12.0 Å². The molecule has 0 saturated heterocycles. The molecule has 19 heavy (non-hydrogen) atoms. The topological polar surface area (TPSA) is 62.5 Å². The summed E-state index contributed by atoms with van der Waals surface area (Å²) in [6, 6.07) is 0.807. The first-order valence-electron chi connectivity index (χ1n) is 6.16. The lowest BCUT2D eigenvalue weighted by Gasteiger charge is -2.24. The van der Waals surface area contributed by atoms with Crippen molar-refractivity contribution >= 4 is 23.5 Å². The van der Waals surface area contributed by atoms with E-state index in [1.165, 1.54) is 11.9 Å². The molecule has 0 aliphatic carbocycles. The second kappa shape index (κ2) is 6.10. The molecule has 0 aromatic carbocycles. The molecule has 0 bridgehead atoms. The predicted octanol–water partition coefficient (Wildman–Crippen LogP) is 2.66. The minimum Gasteiger partial charge on any atom is -0.480 e. The number of carboxylic acids is 1. The van der Waals surface area contributed by atoms with Crippen LogP contribution in [0.15, 0.2) is 12.3 Å². The van der Waals surface area contributed by atoms with Crippen molar-refractivity contribution in [2.75, 3.05) is 7.05 Å². The van der Waals surface area contributed by atoms with Crippen LogP contribution in [0.2, 0.25) is 5.02 Å². The molecule has 1 rings (SSSR count). The summed E-state index contributed by atoms with van der Waals surface area (Å²) in [6.07, 6.45) is 2.03. The maximum atomic E-state index is 12.4. The van der Waals surface area contributed by atoms with Crippen molar-refractivity contribution in [3.63, 3.8) is 0 Å². The van der Waals surface area contributed by atoms with Crippen LogP contribution in [0.4, 0.5) is 0 Å². The van der Waals surface area contributed by atoms with Crippen molar-refractivity contribution < 1.29 is 14.7 Å². The molecule has 1 aromatic heterocycles. The Kier molecular flexibility index (Phi) is 5.00. The Hall–Kier alpha value is -1.49. The number of halogens is 1. The van der Waals surface area contributed by atoms with Gasteiger partial charge in [-0.2, -0.15) is 0 Å². The van der Waals surface area contributed by atoms with Gasteiger partial charge in [0.15, 0.2) is 0 Å². The molecule has 0 fully saturated rings. The first-order valence-corrected chi connectivity index (χ1v) is 6.54. The van der Waals surface area contributed by atoms with Gasteiger partial charge >= 0.3 is 5.97 Å². The molecule has 6 heteroatoms. The van der Waals surface area contributed by atoms with Gasteiger partial charge in [-0.25, -0.2) is 4.79 Å². The zero-order valence-electron chi connectivity index (χ0n) is 11.6. The van der Waals surface area contributed by atoms with Crippen LogP contribution in [0.1, 0.15) is 43.7 Å². The molecule has 1 aromatic rings. The molecule has 0 saturated carbocycles. The molecule has 106 valence electrons. The van der Waals surface area contributed by atoms with E-state index in [1.807, 2.05) is 13.8 Å². The number of hydrogen-bond acceptors (Lipinski definition) is 2. The lowest BCUT2D eigenvalue weighted by atomic mass is 10.2. The Morgan fingerprint density at radius 1 is 1.47 bits per heavy atom. The maximum Gasteiger partial charge on any atom is 0.326 e. The number of aliphatic carboxylic acids is 1. The number of likely N-dealkylation sites (N-methyl/N-ethyl adjacent to an activating group) is 1. The van der Waals surface area contributed by atoms with Crippen LogP contribution >= 0.6 is 11.6 Å². The van der Waals surface area contributed by atoms with Gasteiger partial charge in [-0.15, -0.1) is 0 Å². The highest BCUT2D eigenvalue weighted by Gasteiger charge is 2.27. The van der Waals surface area contributed by atoms with Gasteiger partial charge in [0.1, 0.15) is 11.7 Å². The summed E-state index contributed by atoms with van der Waals surface area (Å²) >= 11 is 5.93. The Morgan fingerprint density at radius 3 is 2.47 bits per heavy atom. The van der Waals surface area contributed by atoms with Crippen LogP contribution in [0.3, 0.4) is 0 Å². The number of aromatic nitrogens is 1. The van der Waals surface area contributed by atoms with Crippen molar-refractivity contribution in [2.24, 2.45) is 0 Å². The van der Waals surface area contributed by atoms with Crippen LogP contribution in [0, 0.1) is 0 Å². The SMILES string of the molecule is CCC(C(=O)O)N(C)C(=O)c1cc(Cl)cn1C(C)C. The van der Waals surface area contributed by atoms with E-state index in [-0.39, 0.29) is 11.9 Å². The molecule has 1 N–H and O–H groups in total. The predicted molar refractivity (Wildman–Crippen MR) is 73.6 cm³/mol. The van der Waals surface area contributed by atoms with Crippen molar-refractivity contribution in [3.8, 4) is 0 Å². The Morgan fingerprint density at radius 2 is 2.05 bits per heavy atom. The second-order valence-corrected chi connectivity index (χ2v) is 5.16. The van der Waals surface area contributed by atoms with E-state index in [1.54, 1.807) is 23.8 Å². The minimum atomic E-state index is -1.01. The summed E-state index contributed by atoms with van der Waals surface area (Å²) in [4.78, 5) is 24.7. The number of carboxylic acid groups (broad SMARTS) is 1. The number of rotatable bonds is 5. The van der Waals surface area contributed by atoms with Crippen LogP contribution < -0.4 is 0 Å². The smallest absolute Gasteiger partial charge is 0.326 e. The second-order valence-electron chi connectivity index (χ2n) is 4.72. The average Bonchev–Trinajstić information content (AvgIpc) is 2.70. The molecule has 0 spiro atoms. The van der Waals surface area contributed by atoms with E-state index in [9.17, 15) is 9.59 Å². The van der Waals surface area contributed by atoms with Gasteiger partial charge in [0.2, 0.25) is 0 Å². The lowest BCUT2D eigenvalue weighted by molar-refractivity contribution is -0.142. The highest BCUT2D eigenvalue weighted by Crippen LogP contribution is 2.21. The third-order valence-corrected chi connectivity index (χ3v) is 3.26. The van der Waals surface area contributed by atoms with Gasteiger partial charge in [0.25, 0.3) is 5.91 Å². The molecule has 0 aliphatic rings. The third-order valence-electron chi connectivity index (χ3n) is 3.05. The van der Waals surface area contributed by atoms with E-state index >= 15 is 0 Å².